The van der Waals surface area contributed by atoms with E-state index in [9.17, 15) is 4.39 Å². The average molecular weight is 284 g/mol. The summed E-state index contributed by atoms with van der Waals surface area (Å²) in [5.41, 5.74) is 6.48. The Labute approximate surface area is 115 Å². The number of hydrogen-bond donors (Lipinski definition) is 1. The molecule has 102 valence electrons. The number of nitrogens with zero attached hydrogens (tertiary/aromatic N) is 2. The van der Waals surface area contributed by atoms with Crippen LogP contribution in [0.15, 0.2) is 22.7 Å². The summed E-state index contributed by atoms with van der Waals surface area (Å²) >= 11 is 5.96. The van der Waals surface area contributed by atoms with Crippen molar-refractivity contribution < 1.29 is 8.91 Å². The highest BCUT2D eigenvalue weighted by atomic mass is 35.5. The third-order valence-corrected chi connectivity index (χ3v) is 3.43. The number of halogens is 2. The minimum Gasteiger partial charge on any atom is -0.339 e. The third kappa shape index (κ3) is 2.93. The van der Waals surface area contributed by atoms with Gasteiger partial charge in [-0.1, -0.05) is 30.6 Å². The minimum absolute atomic E-state index is 0.0366. The lowest BCUT2D eigenvalue weighted by atomic mass is 10.0. The lowest BCUT2D eigenvalue weighted by Crippen LogP contribution is -2.25. The molecule has 4 nitrogen and oxygen atoms in total. The summed E-state index contributed by atoms with van der Waals surface area (Å²) in [4.78, 5) is 4.28. The van der Waals surface area contributed by atoms with Crippen LogP contribution in [0, 0.1) is 5.82 Å². The van der Waals surface area contributed by atoms with Crippen molar-refractivity contribution in [2.45, 2.75) is 32.2 Å². The number of benzene rings is 1. The van der Waals surface area contributed by atoms with Crippen molar-refractivity contribution in [1.29, 1.82) is 0 Å². The first kappa shape index (κ1) is 14.0. The SMILES string of the molecule is CCC(N)C(C)c1nc(-c2ccc(F)cc2Cl)no1. The van der Waals surface area contributed by atoms with Crippen LogP contribution in [0.4, 0.5) is 4.39 Å². The first-order valence-electron chi connectivity index (χ1n) is 6.07. The maximum Gasteiger partial charge on any atom is 0.231 e. The first-order valence-corrected chi connectivity index (χ1v) is 6.45. The Bertz CT molecular complexity index is 573. The molecular weight excluding hydrogens is 269 g/mol. The normalized spacial score (nSPS) is 14.4. The molecule has 1 aromatic heterocycles. The quantitative estimate of drug-likeness (QED) is 0.934. The molecule has 2 rings (SSSR count). The lowest BCUT2D eigenvalue weighted by molar-refractivity contribution is 0.340. The molecule has 2 atom stereocenters. The van der Waals surface area contributed by atoms with Gasteiger partial charge in [0.25, 0.3) is 0 Å². The predicted molar refractivity (Wildman–Crippen MR) is 71.4 cm³/mol. The maximum atomic E-state index is 13.0. The first-order chi connectivity index (χ1) is 9.02. The number of hydrogen-bond acceptors (Lipinski definition) is 4. The summed E-state index contributed by atoms with van der Waals surface area (Å²) in [7, 11) is 0. The molecule has 6 heteroatoms. The monoisotopic (exact) mass is 283 g/mol. The summed E-state index contributed by atoms with van der Waals surface area (Å²) in [6, 6.07) is 4.00. The Hall–Kier alpha value is -1.46. The smallest absolute Gasteiger partial charge is 0.231 e. The Balaban J connectivity index is 2.30. The van der Waals surface area contributed by atoms with Crippen LogP contribution in [0.25, 0.3) is 11.4 Å². The Morgan fingerprint density at radius 3 is 2.84 bits per heavy atom. The fraction of sp³-hybridized carbons (Fsp3) is 0.385. The van der Waals surface area contributed by atoms with Gasteiger partial charge in [-0.15, -0.1) is 0 Å². The maximum absolute atomic E-state index is 13.0. The molecule has 0 bridgehead atoms. The van der Waals surface area contributed by atoms with Gasteiger partial charge in [0.2, 0.25) is 11.7 Å². The zero-order chi connectivity index (χ0) is 14.0. The summed E-state index contributed by atoms with van der Waals surface area (Å²) in [5, 5.41) is 4.12. The highest BCUT2D eigenvalue weighted by molar-refractivity contribution is 6.33. The van der Waals surface area contributed by atoms with Gasteiger partial charge in [0, 0.05) is 11.6 Å². The standard InChI is InChI=1S/C13H15ClFN3O/c1-3-11(16)7(2)13-17-12(18-19-13)9-5-4-8(15)6-10(9)14/h4-7,11H,3,16H2,1-2H3. The van der Waals surface area contributed by atoms with Crippen molar-refractivity contribution in [2.24, 2.45) is 5.73 Å². The van der Waals surface area contributed by atoms with Crippen molar-refractivity contribution in [3.63, 3.8) is 0 Å². The Morgan fingerprint density at radius 1 is 1.47 bits per heavy atom. The van der Waals surface area contributed by atoms with Crippen LogP contribution in [0.5, 0.6) is 0 Å². The van der Waals surface area contributed by atoms with E-state index in [4.69, 9.17) is 21.9 Å². The van der Waals surface area contributed by atoms with E-state index in [1.807, 2.05) is 13.8 Å². The highest BCUT2D eigenvalue weighted by Crippen LogP contribution is 2.28. The minimum atomic E-state index is -0.404. The predicted octanol–water partition coefficient (Wildman–Crippen LogP) is 3.37. The fourth-order valence-electron chi connectivity index (χ4n) is 1.74. The topological polar surface area (TPSA) is 64.9 Å². The van der Waals surface area contributed by atoms with E-state index >= 15 is 0 Å². The van der Waals surface area contributed by atoms with Gasteiger partial charge >= 0.3 is 0 Å². The molecule has 0 aliphatic heterocycles. The van der Waals surface area contributed by atoms with Crippen LogP contribution in [0.2, 0.25) is 5.02 Å². The molecular formula is C13H15ClFN3O. The van der Waals surface area contributed by atoms with Crippen LogP contribution in [-0.4, -0.2) is 16.2 Å². The molecule has 0 aliphatic carbocycles. The number of aromatic nitrogens is 2. The van der Waals surface area contributed by atoms with Gasteiger partial charge in [-0.3, -0.25) is 0 Å². The van der Waals surface area contributed by atoms with Crippen molar-refractivity contribution in [3.05, 3.63) is 34.9 Å². The highest BCUT2D eigenvalue weighted by Gasteiger charge is 2.21. The van der Waals surface area contributed by atoms with Crippen LogP contribution >= 0.6 is 11.6 Å². The van der Waals surface area contributed by atoms with E-state index in [-0.39, 0.29) is 17.0 Å². The second kappa shape index (κ2) is 5.67. The molecule has 0 saturated heterocycles. The molecule has 1 heterocycles. The van der Waals surface area contributed by atoms with Crippen molar-refractivity contribution in [1.82, 2.24) is 10.1 Å². The van der Waals surface area contributed by atoms with Gasteiger partial charge in [-0.05, 0) is 24.6 Å². The van der Waals surface area contributed by atoms with E-state index in [1.54, 1.807) is 0 Å². The second-order valence-corrected chi connectivity index (χ2v) is 4.85. The molecule has 0 fully saturated rings. The zero-order valence-corrected chi connectivity index (χ0v) is 11.5. The third-order valence-electron chi connectivity index (χ3n) is 3.12. The Kier molecular flexibility index (Phi) is 4.17. The fourth-order valence-corrected chi connectivity index (χ4v) is 1.99. The Morgan fingerprint density at radius 2 is 2.21 bits per heavy atom. The van der Waals surface area contributed by atoms with E-state index in [0.717, 1.165) is 6.42 Å². The summed E-state index contributed by atoms with van der Waals surface area (Å²) < 4.78 is 18.2. The average Bonchev–Trinajstić information content (AvgIpc) is 2.86. The van der Waals surface area contributed by atoms with E-state index in [2.05, 4.69) is 10.1 Å². The molecule has 1 aromatic carbocycles. The molecule has 0 spiro atoms. The zero-order valence-electron chi connectivity index (χ0n) is 10.7. The second-order valence-electron chi connectivity index (χ2n) is 4.44. The molecule has 19 heavy (non-hydrogen) atoms. The number of rotatable bonds is 4. The lowest BCUT2D eigenvalue weighted by Gasteiger charge is -2.13. The van der Waals surface area contributed by atoms with Gasteiger partial charge in [0.15, 0.2) is 0 Å². The van der Waals surface area contributed by atoms with Crippen LogP contribution in [0.3, 0.4) is 0 Å². The van der Waals surface area contributed by atoms with Gasteiger partial charge in [-0.25, -0.2) is 4.39 Å². The van der Waals surface area contributed by atoms with E-state index in [0.29, 0.717) is 17.3 Å². The van der Waals surface area contributed by atoms with Gasteiger partial charge in [-0.2, -0.15) is 4.98 Å². The van der Waals surface area contributed by atoms with Crippen molar-refractivity contribution >= 4 is 11.6 Å². The van der Waals surface area contributed by atoms with Gasteiger partial charge in [0.05, 0.1) is 10.9 Å². The van der Waals surface area contributed by atoms with Gasteiger partial charge < -0.3 is 10.3 Å². The number of nitrogens with two attached hydrogens (primary N) is 1. The largest absolute Gasteiger partial charge is 0.339 e. The molecule has 2 aromatic rings. The molecule has 2 N–H and O–H groups in total. The van der Waals surface area contributed by atoms with Crippen LogP contribution in [0.1, 0.15) is 32.1 Å². The molecule has 0 amide bonds. The van der Waals surface area contributed by atoms with Crippen molar-refractivity contribution in [3.8, 4) is 11.4 Å². The summed E-state index contributed by atoms with van der Waals surface area (Å²) in [5.74, 6) is 0.365. The molecule has 0 aliphatic rings. The van der Waals surface area contributed by atoms with E-state index in [1.165, 1.54) is 18.2 Å². The van der Waals surface area contributed by atoms with Crippen LogP contribution in [-0.2, 0) is 0 Å². The summed E-state index contributed by atoms with van der Waals surface area (Å²) in [6.07, 6.45) is 0.816. The molecule has 2 unspecified atom stereocenters. The molecule has 0 radical (unpaired) electrons. The van der Waals surface area contributed by atoms with Crippen LogP contribution < -0.4 is 5.73 Å². The molecule has 0 saturated carbocycles. The van der Waals surface area contributed by atoms with Gasteiger partial charge in [0.1, 0.15) is 5.82 Å². The summed E-state index contributed by atoms with van der Waals surface area (Å²) in [6.45, 7) is 3.92. The van der Waals surface area contributed by atoms with Crippen molar-refractivity contribution in [2.75, 3.05) is 0 Å². The van der Waals surface area contributed by atoms with E-state index < -0.39 is 5.82 Å².